The molecule has 0 saturated carbocycles. The van der Waals surface area contributed by atoms with Crippen LogP contribution < -0.4 is 5.32 Å². The van der Waals surface area contributed by atoms with Crippen LogP contribution in [0.3, 0.4) is 0 Å². The Bertz CT molecular complexity index is 946. The van der Waals surface area contributed by atoms with Gasteiger partial charge in [-0.3, -0.25) is 0 Å². The van der Waals surface area contributed by atoms with Crippen LogP contribution in [0.2, 0.25) is 10.0 Å². The summed E-state index contributed by atoms with van der Waals surface area (Å²) < 4.78 is 39.5. The fourth-order valence-corrected chi connectivity index (χ4v) is 4.38. The zero-order valence-corrected chi connectivity index (χ0v) is 16.4. The normalized spacial score (nSPS) is 15.6. The number of rotatable bonds is 3. The number of hydrogen-bond acceptors (Lipinski definition) is 3. The summed E-state index contributed by atoms with van der Waals surface area (Å²) in [6.45, 7) is 0.754. The first kappa shape index (κ1) is 19.9. The number of nitrogens with zero attached hydrogens (tertiary/aromatic N) is 2. The average Bonchev–Trinajstić information content (AvgIpc) is 2.65. The lowest BCUT2D eigenvalue weighted by molar-refractivity contribution is 0.184. The van der Waals surface area contributed by atoms with Gasteiger partial charge in [-0.05, 0) is 42.5 Å². The molecular formula is C17H16Cl2FN3O3S. The van der Waals surface area contributed by atoms with E-state index in [9.17, 15) is 17.6 Å². The number of anilines is 1. The fourth-order valence-electron chi connectivity index (χ4n) is 2.66. The Morgan fingerprint density at radius 1 is 0.963 bits per heavy atom. The van der Waals surface area contributed by atoms with Gasteiger partial charge in [-0.15, -0.1) is 0 Å². The zero-order chi connectivity index (χ0) is 19.6. The lowest BCUT2D eigenvalue weighted by Crippen LogP contribution is -2.51. The van der Waals surface area contributed by atoms with Gasteiger partial charge in [-0.25, -0.2) is 17.6 Å². The molecule has 144 valence electrons. The summed E-state index contributed by atoms with van der Waals surface area (Å²) in [7, 11) is -3.72. The summed E-state index contributed by atoms with van der Waals surface area (Å²) >= 11 is 11.8. The Labute approximate surface area is 166 Å². The van der Waals surface area contributed by atoms with Crippen LogP contribution in [0.4, 0.5) is 14.9 Å². The van der Waals surface area contributed by atoms with Gasteiger partial charge in [0.2, 0.25) is 10.0 Å². The highest BCUT2D eigenvalue weighted by Crippen LogP contribution is 2.25. The van der Waals surface area contributed by atoms with Crippen molar-refractivity contribution in [2.24, 2.45) is 0 Å². The Hall–Kier alpha value is -1.87. The van der Waals surface area contributed by atoms with Crippen molar-refractivity contribution in [1.29, 1.82) is 0 Å². The van der Waals surface area contributed by atoms with Gasteiger partial charge in [-0.1, -0.05) is 23.2 Å². The third-order valence-electron chi connectivity index (χ3n) is 4.15. The second-order valence-electron chi connectivity index (χ2n) is 5.90. The van der Waals surface area contributed by atoms with Crippen molar-refractivity contribution in [2.45, 2.75) is 4.90 Å². The molecule has 0 radical (unpaired) electrons. The molecule has 0 aromatic heterocycles. The van der Waals surface area contributed by atoms with Gasteiger partial charge < -0.3 is 10.2 Å². The first-order chi connectivity index (χ1) is 12.8. The van der Waals surface area contributed by atoms with Crippen molar-refractivity contribution in [3.8, 4) is 0 Å². The molecule has 1 aliphatic rings. The average molecular weight is 432 g/mol. The molecule has 6 nitrogen and oxygen atoms in total. The lowest BCUT2D eigenvalue weighted by Gasteiger charge is -2.34. The summed E-state index contributed by atoms with van der Waals surface area (Å²) in [6.07, 6.45) is 0. The van der Waals surface area contributed by atoms with E-state index in [0.29, 0.717) is 15.7 Å². The number of urea groups is 1. The molecule has 1 heterocycles. The first-order valence-corrected chi connectivity index (χ1v) is 10.2. The number of carbonyl (C=O) groups is 1. The second kappa shape index (κ2) is 8.02. The highest BCUT2D eigenvalue weighted by molar-refractivity contribution is 7.89. The molecule has 0 unspecified atom stereocenters. The van der Waals surface area contributed by atoms with E-state index in [1.807, 2.05) is 0 Å². The van der Waals surface area contributed by atoms with Crippen molar-refractivity contribution in [3.05, 3.63) is 58.3 Å². The minimum absolute atomic E-state index is 0.0256. The maximum Gasteiger partial charge on any atom is 0.321 e. The molecule has 27 heavy (non-hydrogen) atoms. The topological polar surface area (TPSA) is 69.7 Å². The molecule has 2 aromatic rings. The van der Waals surface area contributed by atoms with Gasteiger partial charge in [0.15, 0.2) is 0 Å². The van der Waals surface area contributed by atoms with Gasteiger partial charge in [-0.2, -0.15) is 4.31 Å². The molecular weight excluding hydrogens is 416 g/mol. The largest absolute Gasteiger partial charge is 0.322 e. The Kier molecular flexibility index (Phi) is 5.90. The SMILES string of the molecule is O=C(Nc1ccc(Cl)c(Cl)c1)N1CCN(S(=O)(=O)c2ccc(F)cc2)CC1. The van der Waals surface area contributed by atoms with E-state index < -0.39 is 15.8 Å². The van der Waals surface area contributed by atoms with Crippen molar-refractivity contribution in [3.63, 3.8) is 0 Å². The van der Waals surface area contributed by atoms with Crippen LogP contribution in [-0.4, -0.2) is 49.8 Å². The summed E-state index contributed by atoms with van der Waals surface area (Å²) in [6, 6.07) is 9.06. The van der Waals surface area contributed by atoms with E-state index in [2.05, 4.69) is 5.32 Å². The molecule has 2 aromatic carbocycles. The monoisotopic (exact) mass is 431 g/mol. The van der Waals surface area contributed by atoms with Gasteiger partial charge in [0.1, 0.15) is 5.82 Å². The Balaban J connectivity index is 1.61. The van der Waals surface area contributed by atoms with E-state index in [-0.39, 0.29) is 37.1 Å². The number of hydrogen-bond donors (Lipinski definition) is 1. The van der Waals surface area contributed by atoms with Gasteiger partial charge in [0.05, 0.1) is 14.9 Å². The summed E-state index contributed by atoms with van der Waals surface area (Å²) in [4.78, 5) is 13.9. The molecule has 10 heteroatoms. The van der Waals surface area contributed by atoms with Crippen LogP contribution >= 0.6 is 23.2 Å². The standard InChI is InChI=1S/C17H16Cl2FN3O3S/c18-15-6-3-13(11-16(15)19)21-17(24)22-7-9-23(10-8-22)27(25,26)14-4-1-12(20)2-5-14/h1-6,11H,7-10H2,(H,21,24). The van der Waals surface area contributed by atoms with Crippen molar-refractivity contribution in [1.82, 2.24) is 9.21 Å². The molecule has 0 spiro atoms. The third kappa shape index (κ3) is 4.52. The smallest absolute Gasteiger partial charge is 0.321 e. The summed E-state index contributed by atoms with van der Waals surface area (Å²) in [5.41, 5.74) is 0.496. The summed E-state index contributed by atoms with van der Waals surface area (Å²) in [5, 5.41) is 3.41. The molecule has 2 amide bonds. The number of benzene rings is 2. The van der Waals surface area contributed by atoms with Gasteiger partial charge >= 0.3 is 6.03 Å². The van der Waals surface area contributed by atoms with Crippen LogP contribution in [0.25, 0.3) is 0 Å². The number of halogens is 3. The molecule has 3 rings (SSSR count). The van der Waals surface area contributed by atoms with Crippen molar-refractivity contribution >= 4 is 44.9 Å². The number of piperazine rings is 1. The summed E-state index contributed by atoms with van der Waals surface area (Å²) in [5.74, 6) is -0.502. The number of sulfonamides is 1. The highest BCUT2D eigenvalue weighted by Gasteiger charge is 2.30. The van der Waals surface area contributed by atoms with E-state index in [1.54, 1.807) is 12.1 Å². The minimum atomic E-state index is -3.72. The van der Waals surface area contributed by atoms with Gasteiger partial charge in [0, 0.05) is 31.9 Å². The molecule has 1 saturated heterocycles. The molecule has 1 N–H and O–H groups in total. The Morgan fingerprint density at radius 3 is 2.19 bits per heavy atom. The van der Waals surface area contributed by atoms with E-state index in [4.69, 9.17) is 23.2 Å². The first-order valence-electron chi connectivity index (χ1n) is 8.04. The van der Waals surface area contributed by atoms with Crippen LogP contribution in [0.1, 0.15) is 0 Å². The number of carbonyl (C=O) groups excluding carboxylic acids is 1. The Morgan fingerprint density at radius 2 is 1.59 bits per heavy atom. The molecule has 1 aliphatic heterocycles. The molecule has 0 atom stereocenters. The van der Waals surface area contributed by atoms with E-state index in [1.165, 1.54) is 27.4 Å². The quantitative estimate of drug-likeness (QED) is 0.805. The fraction of sp³-hybridized carbons (Fsp3) is 0.235. The van der Waals surface area contributed by atoms with Gasteiger partial charge in [0.25, 0.3) is 0 Å². The molecule has 0 bridgehead atoms. The maximum atomic E-state index is 13.0. The highest BCUT2D eigenvalue weighted by atomic mass is 35.5. The lowest BCUT2D eigenvalue weighted by atomic mass is 10.3. The minimum Gasteiger partial charge on any atom is -0.322 e. The van der Waals surface area contributed by atoms with Crippen LogP contribution in [-0.2, 0) is 10.0 Å². The van der Waals surface area contributed by atoms with Crippen molar-refractivity contribution < 1.29 is 17.6 Å². The van der Waals surface area contributed by atoms with Crippen LogP contribution in [0.5, 0.6) is 0 Å². The predicted octanol–water partition coefficient (Wildman–Crippen LogP) is 3.67. The molecule has 1 fully saturated rings. The zero-order valence-electron chi connectivity index (χ0n) is 14.0. The van der Waals surface area contributed by atoms with Crippen LogP contribution in [0.15, 0.2) is 47.4 Å². The predicted molar refractivity (Wildman–Crippen MR) is 102 cm³/mol. The van der Waals surface area contributed by atoms with E-state index in [0.717, 1.165) is 12.1 Å². The maximum absolute atomic E-state index is 13.0. The number of nitrogens with one attached hydrogen (secondary N) is 1. The number of amides is 2. The molecule has 0 aliphatic carbocycles. The second-order valence-corrected chi connectivity index (χ2v) is 8.66. The van der Waals surface area contributed by atoms with Crippen molar-refractivity contribution in [2.75, 3.05) is 31.5 Å². The van der Waals surface area contributed by atoms with E-state index >= 15 is 0 Å². The van der Waals surface area contributed by atoms with Crippen LogP contribution in [0, 0.1) is 5.82 Å². The third-order valence-corrected chi connectivity index (χ3v) is 6.80.